The highest BCUT2D eigenvalue weighted by molar-refractivity contribution is 7.91. The maximum atomic E-state index is 13.7. The Balaban J connectivity index is 1.61. The van der Waals surface area contributed by atoms with Gasteiger partial charge in [0.1, 0.15) is 0 Å². The van der Waals surface area contributed by atoms with Crippen LogP contribution in [-0.4, -0.2) is 38.8 Å². The van der Waals surface area contributed by atoms with Crippen LogP contribution in [0.3, 0.4) is 0 Å². The normalized spacial score (nSPS) is 14.1. The number of carbonyl (C=O) groups is 2. The number of aryl methyl sites for hydroxylation is 1. The van der Waals surface area contributed by atoms with Gasteiger partial charge >= 0.3 is 5.97 Å². The molecule has 3 N–H and O–H groups in total. The first-order chi connectivity index (χ1) is 19.9. The number of carboxylic acid groups (broad SMARTS) is 1. The summed E-state index contributed by atoms with van der Waals surface area (Å²) in [6.07, 6.45) is 0.933. The molecule has 9 nitrogen and oxygen atoms in total. The maximum absolute atomic E-state index is 13.7. The maximum Gasteiger partial charge on any atom is 0.303 e. The number of fused-ring (bicyclic) bond motifs is 1. The van der Waals surface area contributed by atoms with Gasteiger partial charge in [0.15, 0.2) is 9.84 Å². The Hall–Kier alpha value is -4.19. The molecule has 0 saturated carbocycles. The van der Waals surface area contributed by atoms with Crippen molar-refractivity contribution < 1.29 is 31.5 Å². The molecule has 0 saturated heterocycles. The van der Waals surface area contributed by atoms with Gasteiger partial charge in [-0.2, -0.15) is 0 Å². The summed E-state index contributed by atoms with van der Waals surface area (Å²) < 4.78 is 53.8. The molecule has 0 unspecified atom stereocenters. The molecule has 0 bridgehead atoms. The number of aliphatic carboxylic acids is 1. The molecule has 1 aliphatic rings. The summed E-state index contributed by atoms with van der Waals surface area (Å²) in [6, 6.07) is 18.7. The zero-order valence-corrected chi connectivity index (χ0v) is 24.6. The van der Waals surface area contributed by atoms with Crippen LogP contribution in [0.2, 0.25) is 5.02 Å². The molecule has 0 radical (unpaired) electrons. The third-order valence-electron chi connectivity index (χ3n) is 6.86. The SMILES string of the molecule is Cc1[nH]c(/C=C2\C(=O)Nc3ccc(S(=O)(=O)Cc4ccccc4)cc32)c(CCC(=O)O)c1S(=O)(=O)c1ccc(Cl)cc1. The second-order valence-electron chi connectivity index (χ2n) is 9.79. The number of H-pyrrole nitrogens is 1. The van der Waals surface area contributed by atoms with E-state index in [4.69, 9.17) is 11.6 Å². The second kappa shape index (κ2) is 11.2. The van der Waals surface area contributed by atoms with Crippen LogP contribution >= 0.6 is 11.6 Å². The smallest absolute Gasteiger partial charge is 0.303 e. The molecule has 0 aliphatic carbocycles. The van der Waals surface area contributed by atoms with Crippen molar-refractivity contribution in [3.05, 3.63) is 106 Å². The Morgan fingerprint density at radius 3 is 2.29 bits per heavy atom. The predicted octanol–water partition coefficient (Wildman–Crippen LogP) is 5.29. The van der Waals surface area contributed by atoms with E-state index >= 15 is 0 Å². The molecular formula is C30H25ClN2O7S2. The Morgan fingerprint density at radius 2 is 1.62 bits per heavy atom. The minimum atomic E-state index is -4.10. The fourth-order valence-corrected chi connectivity index (χ4v) is 8.12. The van der Waals surface area contributed by atoms with Crippen molar-refractivity contribution in [2.24, 2.45) is 0 Å². The number of amides is 1. The topological polar surface area (TPSA) is 150 Å². The standard InChI is InChI=1S/C30H25ClN2O7S2/c1-18-29(42(39,40)21-9-7-20(31)8-10-21)23(12-14-28(34)35)27(32-18)16-25-24-15-22(11-13-26(24)33-30(25)36)41(37,38)17-19-5-3-2-4-6-19/h2-11,13,15-16,32H,12,14,17H2,1H3,(H,33,36)(H,34,35)/b25-16-. The lowest BCUT2D eigenvalue weighted by molar-refractivity contribution is -0.137. The molecule has 0 fully saturated rings. The van der Waals surface area contributed by atoms with Crippen LogP contribution in [0.4, 0.5) is 5.69 Å². The van der Waals surface area contributed by atoms with Crippen LogP contribution in [0.1, 0.15) is 34.5 Å². The van der Waals surface area contributed by atoms with Crippen LogP contribution in [0, 0.1) is 6.92 Å². The van der Waals surface area contributed by atoms with Gasteiger partial charge in [0.25, 0.3) is 5.91 Å². The fraction of sp³-hybridized carbons (Fsp3) is 0.133. The molecular weight excluding hydrogens is 600 g/mol. The molecule has 3 aromatic carbocycles. The number of carbonyl (C=O) groups excluding carboxylic acids is 1. The number of anilines is 1. The number of halogens is 1. The Bertz CT molecular complexity index is 1960. The lowest BCUT2D eigenvalue weighted by Gasteiger charge is -2.09. The summed E-state index contributed by atoms with van der Waals surface area (Å²) in [5.41, 5.74) is 2.14. The zero-order valence-electron chi connectivity index (χ0n) is 22.2. The van der Waals surface area contributed by atoms with Crippen LogP contribution in [0.15, 0.2) is 87.5 Å². The van der Waals surface area contributed by atoms with Crippen LogP contribution < -0.4 is 5.32 Å². The molecule has 0 spiro atoms. The van der Waals surface area contributed by atoms with E-state index in [1.165, 1.54) is 48.5 Å². The van der Waals surface area contributed by atoms with Crippen molar-refractivity contribution in [1.82, 2.24) is 4.98 Å². The number of rotatable bonds is 9. The Kier molecular flexibility index (Phi) is 7.84. The van der Waals surface area contributed by atoms with Gasteiger partial charge in [0.05, 0.1) is 26.0 Å². The number of sulfone groups is 2. The van der Waals surface area contributed by atoms with E-state index in [0.29, 0.717) is 21.8 Å². The summed E-state index contributed by atoms with van der Waals surface area (Å²) in [7, 11) is -7.86. The van der Waals surface area contributed by atoms with E-state index in [-0.39, 0.29) is 55.8 Å². The number of aromatic nitrogens is 1. The minimum Gasteiger partial charge on any atom is -0.481 e. The summed E-state index contributed by atoms with van der Waals surface area (Å²) >= 11 is 5.94. The number of hydrogen-bond donors (Lipinski definition) is 3. The Morgan fingerprint density at radius 1 is 0.952 bits per heavy atom. The van der Waals surface area contributed by atoms with Crippen LogP contribution in [-0.2, 0) is 41.4 Å². The second-order valence-corrected chi connectivity index (χ2v) is 14.1. The first kappa shape index (κ1) is 29.3. The van der Waals surface area contributed by atoms with Crippen LogP contribution in [0.5, 0.6) is 0 Å². The lowest BCUT2D eigenvalue weighted by Crippen LogP contribution is -2.08. The molecule has 1 amide bonds. The molecule has 216 valence electrons. The van der Waals surface area contributed by atoms with Crippen molar-refractivity contribution in [2.75, 3.05) is 5.32 Å². The van der Waals surface area contributed by atoms with Crippen molar-refractivity contribution >= 4 is 60.5 Å². The van der Waals surface area contributed by atoms with Crippen LogP contribution in [0.25, 0.3) is 11.6 Å². The van der Waals surface area contributed by atoms with E-state index in [1.54, 1.807) is 37.3 Å². The summed E-state index contributed by atoms with van der Waals surface area (Å²) in [5, 5.41) is 12.4. The number of benzene rings is 3. The van der Waals surface area contributed by atoms with E-state index in [1.807, 2.05) is 0 Å². The quantitative estimate of drug-likeness (QED) is 0.214. The summed E-state index contributed by atoms with van der Waals surface area (Å²) in [5.74, 6) is -1.87. The van der Waals surface area contributed by atoms with Gasteiger partial charge in [-0.1, -0.05) is 41.9 Å². The van der Waals surface area contributed by atoms with Gasteiger partial charge < -0.3 is 15.4 Å². The number of nitrogens with one attached hydrogen (secondary N) is 2. The van der Waals surface area contributed by atoms with Gasteiger partial charge in [-0.3, -0.25) is 9.59 Å². The highest BCUT2D eigenvalue weighted by Gasteiger charge is 2.31. The highest BCUT2D eigenvalue weighted by Crippen LogP contribution is 2.38. The van der Waals surface area contributed by atoms with Gasteiger partial charge in [-0.15, -0.1) is 0 Å². The molecule has 5 rings (SSSR count). The van der Waals surface area contributed by atoms with Crippen molar-refractivity contribution in [3.8, 4) is 0 Å². The number of hydrogen-bond acceptors (Lipinski definition) is 6. The van der Waals surface area contributed by atoms with Gasteiger partial charge in [0.2, 0.25) is 9.84 Å². The number of carboxylic acids is 1. The van der Waals surface area contributed by atoms with Crippen molar-refractivity contribution in [1.29, 1.82) is 0 Å². The van der Waals surface area contributed by atoms with Crippen molar-refractivity contribution in [2.45, 2.75) is 40.2 Å². The summed E-state index contributed by atoms with van der Waals surface area (Å²) in [6.45, 7) is 1.55. The average molecular weight is 625 g/mol. The predicted molar refractivity (Wildman–Crippen MR) is 159 cm³/mol. The average Bonchev–Trinajstić information content (AvgIpc) is 3.43. The largest absolute Gasteiger partial charge is 0.481 e. The van der Waals surface area contributed by atoms with E-state index in [9.17, 15) is 31.5 Å². The molecule has 4 aromatic rings. The molecule has 2 heterocycles. The Labute approximate surface area is 247 Å². The third kappa shape index (κ3) is 5.76. The molecule has 1 aliphatic heterocycles. The molecule has 42 heavy (non-hydrogen) atoms. The number of aromatic amines is 1. The van der Waals surface area contributed by atoms with Gasteiger partial charge in [0, 0.05) is 34.1 Å². The van der Waals surface area contributed by atoms with E-state index < -0.39 is 31.6 Å². The van der Waals surface area contributed by atoms with Gasteiger partial charge in [-0.25, -0.2) is 16.8 Å². The molecule has 12 heteroatoms. The first-order valence-electron chi connectivity index (χ1n) is 12.7. The minimum absolute atomic E-state index is 0.0206. The van der Waals surface area contributed by atoms with Crippen molar-refractivity contribution in [3.63, 3.8) is 0 Å². The molecule has 1 aromatic heterocycles. The summed E-state index contributed by atoms with van der Waals surface area (Å²) in [4.78, 5) is 27.4. The zero-order chi connectivity index (χ0) is 30.2. The monoisotopic (exact) mass is 624 g/mol. The van der Waals surface area contributed by atoms with E-state index in [0.717, 1.165) is 0 Å². The first-order valence-corrected chi connectivity index (χ1v) is 16.3. The van der Waals surface area contributed by atoms with Gasteiger partial charge in [-0.05, 0) is 73.0 Å². The van der Waals surface area contributed by atoms with E-state index in [2.05, 4.69) is 10.3 Å². The molecule has 0 atom stereocenters. The fourth-order valence-electron chi connectivity index (χ4n) is 4.91. The third-order valence-corrected chi connectivity index (χ3v) is 10.8. The lowest BCUT2D eigenvalue weighted by atomic mass is 10.0. The highest BCUT2D eigenvalue weighted by atomic mass is 35.5.